The van der Waals surface area contributed by atoms with Crippen molar-refractivity contribution in [3.05, 3.63) is 22.0 Å². The van der Waals surface area contributed by atoms with Gasteiger partial charge in [-0.05, 0) is 20.8 Å². The fourth-order valence-corrected chi connectivity index (χ4v) is 2.35. The molecule has 0 aromatic carbocycles. The Balaban J connectivity index is 2.93. The minimum atomic E-state index is -1.06. The molecule has 0 unspecified atom stereocenters. The standard InChI is InChI=1S/C11H12ClN3O2/c1-4-15-10-7(6(3)14-15)9(12)8(11(16)17)5(2)13-10/h4H2,1-3H3,(H,16,17). The number of pyridine rings is 1. The van der Waals surface area contributed by atoms with Gasteiger partial charge in [0.15, 0.2) is 5.65 Å². The monoisotopic (exact) mass is 253 g/mol. The Labute approximate surface area is 103 Å². The van der Waals surface area contributed by atoms with Gasteiger partial charge in [0.1, 0.15) is 5.56 Å². The second kappa shape index (κ2) is 4.00. The van der Waals surface area contributed by atoms with Crippen molar-refractivity contribution in [2.75, 3.05) is 0 Å². The molecule has 6 heteroatoms. The van der Waals surface area contributed by atoms with Gasteiger partial charge < -0.3 is 5.11 Å². The zero-order valence-corrected chi connectivity index (χ0v) is 10.5. The molecule has 0 aliphatic rings. The van der Waals surface area contributed by atoms with Crippen molar-refractivity contribution in [3.8, 4) is 0 Å². The quantitative estimate of drug-likeness (QED) is 0.892. The van der Waals surface area contributed by atoms with Gasteiger partial charge in [-0.25, -0.2) is 14.5 Å². The summed E-state index contributed by atoms with van der Waals surface area (Å²) in [6.07, 6.45) is 0. The Bertz CT molecular complexity index is 619. The largest absolute Gasteiger partial charge is 0.478 e. The third kappa shape index (κ3) is 1.67. The molecule has 0 saturated carbocycles. The highest BCUT2D eigenvalue weighted by Crippen LogP contribution is 2.30. The molecule has 0 spiro atoms. The molecule has 17 heavy (non-hydrogen) atoms. The van der Waals surface area contributed by atoms with E-state index in [0.717, 1.165) is 0 Å². The Morgan fingerprint density at radius 2 is 2.06 bits per heavy atom. The van der Waals surface area contributed by atoms with Crippen LogP contribution in [0.4, 0.5) is 0 Å². The summed E-state index contributed by atoms with van der Waals surface area (Å²) in [6.45, 7) is 6.04. The first-order valence-corrected chi connectivity index (χ1v) is 5.61. The number of halogens is 1. The number of carboxylic acids is 1. The van der Waals surface area contributed by atoms with E-state index >= 15 is 0 Å². The fourth-order valence-electron chi connectivity index (χ4n) is 1.91. The number of aromatic carboxylic acids is 1. The molecular formula is C11H12ClN3O2. The summed E-state index contributed by atoms with van der Waals surface area (Å²) in [5.41, 5.74) is 1.79. The van der Waals surface area contributed by atoms with Crippen LogP contribution in [0.3, 0.4) is 0 Å². The van der Waals surface area contributed by atoms with Crippen LogP contribution in [0.1, 0.15) is 28.7 Å². The molecule has 0 fully saturated rings. The van der Waals surface area contributed by atoms with Crippen LogP contribution >= 0.6 is 11.6 Å². The van der Waals surface area contributed by atoms with Crippen LogP contribution in [0.15, 0.2) is 0 Å². The third-order valence-corrected chi connectivity index (χ3v) is 3.07. The first-order valence-electron chi connectivity index (χ1n) is 5.23. The van der Waals surface area contributed by atoms with E-state index in [-0.39, 0.29) is 10.6 Å². The molecule has 0 saturated heterocycles. The van der Waals surface area contributed by atoms with Crippen molar-refractivity contribution < 1.29 is 9.90 Å². The predicted molar refractivity (Wildman–Crippen MR) is 64.6 cm³/mol. The van der Waals surface area contributed by atoms with E-state index < -0.39 is 5.97 Å². The normalized spacial score (nSPS) is 11.1. The van der Waals surface area contributed by atoms with E-state index in [0.29, 0.717) is 29.0 Å². The molecule has 0 aliphatic carbocycles. The highest BCUT2D eigenvalue weighted by Gasteiger charge is 2.21. The molecule has 0 amide bonds. The maximum atomic E-state index is 11.1. The van der Waals surface area contributed by atoms with E-state index in [1.165, 1.54) is 0 Å². The Hall–Kier alpha value is -1.62. The first kappa shape index (κ1) is 11.9. The summed E-state index contributed by atoms with van der Waals surface area (Å²) in [7, 11) is 0. The predicted octanol–water partition coefficient (Wildman–Crippen LogP) is 2.42. The highest BCUT2D eigenvalue weighted by atomic mass is 35.5. The molecule has 2 rings (SSSR count). The van der Waals surface area contributed by atoms with E-state index in [1.807, 2.05) is 6.92 Å². The van der Waals surface area contributed by atoms with Crippen LogP contribution in [0.2, 0.25) is 5.02 Å². The minimum Gasteiger partial charge on any atom is -0.478 e. The number of hydrogen-bond donors (Lipinski definition) is 1. The second-order valence-corrected chi connectivity index (χ2v) is 4.17. The number of carbonyl (C=O) groups is 1. The average Bonchev–Trinajstić information content (AvgIpc) is 2.54. The van der Waals surface area contributed by atoms with Gasteiger partial charge in [-0.15, -0.1) is 0 Å². The van der Waals surface area contributed by atoms with E-state index in [4.69, 9.17) is 16.7 Å². The zero-order chi connectivity index (χ0) is 12.7. The van der Waals surface area contributed by atoms with Crippen molar-refractivity contribution in [2.24, 2.45) is 0 Å². The van der Waals surface area contributed by atoms with E-state index in [2.05, 4.69) is 10.1 Å². The Morgan fingerprint density at radius 1 is 1.41 bits per heavy atom. The molecular weight excluding hydrogens is 242 g/mol. The molecule has 2 aromatic heterocycles. The van der Waals surface area contributed by atoms with Gasteiger partial charge in [0.05, 0.1) is 21.8 Å². The van der Waals surface area contributed by atoms with Crippen LogP contribution in [0, 0.1) is 13.8 Å². The maximum Gasteiger partial charge on any atom is 0.339 e. The lowest BCUT2D eigenvalue weighted by atomic mass is 10.1. The summed E-state index contributed by atoms with van der Waals surface area (Å²) in [5.74, 6) is -1.06. The molecule has 0 bridgehead atoms. The number of nitrogens with zero attached hydrogens (tertiary/aromatic N) is 3. The molecule has 1 N–H and O–H groups in total. The van der Waals surface area contributed by atoms with Crippen LogP contribution in [0.5, 0.6) is 0 Å². The fraction of sp³-hybridized carbons (Fsp3) is 0.364. The molecule has 90 valence electrons. The summed E-state index contributed by atoms with van der Waals surface area (Å²) in [4.78, 5) is 15.4. The maximum absolute atomic E-state index is 11.1. The molecule has 2 aromatic rings. The van der Waals surface area contributed by atoms with Gasteiger partial charge in [0.2, 0.25) is 0 Å². The van der Waals surface area contributed by atoms with E-state index in [1.54, 1.807) is 18.5 Å². The molecule has 0 aliphatic heterocycles. The number of fused-ring (bicyclic) bond motifs is 1. The average molecular weight is 254 g/mol. The lowest BCUT2D eigenvalue weighted by Gasteiger charge is -2.05. The van der Waals surface area contributed by atoms with Gasteiger partial charge in [0, 0.05) is 6.54 Å². The lowest BCUT2D eigenvalue weighted by molar-refractivity contribution is 0.0696. The van der Waals surface area contributed by atoms with Crippen molar-refractivity contribution in [3.63, 3.8) is 0 Å². The van der Waals surface area contributed by atoms with Gasteiger partial charge >= 0.3 is 5.97 Å². The minimum absolute atomic E-state index is 0.0536. The lowest BCUT2D eigenvalue weighted by Crippen LogP contribution is -2.05. The SMILES string of the molecule is CCn1nc(C)c2c(Cl)c(C(=O)O)c(C)nc21. The topological polar surface area (TPSA) is 68.0 Å². The van der Waals surface area contributed by atoms with Crippen molar-refractivity contribution in [1.82, 2.24) is 14.8 Å². The van der Waals surface area contributed by atoms with Gasteiger partial charge in [-0.3, -0.25) is 0 Å². The van der Waals surface area contributed by atoms with Crippen LogP contribution in [-0.4, -0.2) is 25.8 Å². The van der Waals surface area contributed by atoms with E-state index in [9.17, 15) is 4.79 Å². The highest BCUT2D eigenvalue weighted by molar-refractivity contribution is 6.38. The summed E-state index contributed by atoms with van der Waals surface area (Å²) < 4.78 is 1.72. The van der Waals surface area contributed by atoms with Crippen molar-refractivity contribution >= 4 is 28.6 Å². The van der Waals surface area contributed by atoms with Gasteiger partial charge in [0.25, 0.3) is 0 Å². The molecule has 2 heterocycles. The second-order valence-electron chi connectivity index (χ2n) is 3.79. The molecule has 5 nitrogen and oxygen atoms in total. The number of aryl methyl sites for hydroxylation is 3. The molecule has 0 atom stereocenters. The summed E-state index contributed by atoms with van der Waals surface area (Å²) in [6, 6.07) is 0. The van der Waals surface area contributed by atoms with Crippen LogP contribution in [-0.2, 0) is 6.54 Å². The number of aromatic nitrogens is 3. The molecule has 0 radical (unpaired) electrons. The number of carboxylic acid groups (broad SMARTS) is 1. The third-order valence-electron chi connectivity index (χ3n) is 2.69. The zero-order valence-electron chi connectivity index (χ0n) is 9.78. The van der Waals surface area contributed by atoms with Crippen LogP contribution in [0.25, 0.3) is 11.0 Å². The smallest absolute Gasteiger partial charge is 0.339 e. The van der Waals surface area contributed by atoms with Crippen LogP contribution < -0.4 is 0 Å². The van der Waals surface area contributed by atoms with Gasteiger partial charge in [-0.2, -0.15) is 5.10 Å². The van der Waals surface area contributed by atoms with Gasteiger partial charge in [-0.1, -0.05) is 11.6 Å². The number of rotatable bonds is 2. The number of hydrogen-bond acceptors (Lipinski definition) is 3. The Morgan fingerprint density at radius 3 is 2.59 bits per heavy atom. The van der Waals surface area contributed by atoms with Crippen molar-refractivity contribution in [2.45, 2.75) is 27.3 Å². The van der Waals surface area contributed by atoms with Crippen molar-refractivity contribution in [1.29, 1.82) is 0 Å². The Kier molecular flexibility index (Phi) is 2.79. The first-order chi connectivity index (χ1) is 7.97. The summed E-state index contributed by atoms with van der Waals surface area (Å²) in [5, 5.41) is 14.2. The summed E-state index contributed by atoms with van der Waals surface area (Å²) >= 11 is 6.14.